The highest BCUT2D eigenvalue weighted by Crippen LogP contribution is 2.31. The van der Waals surface area contributed by atoms with E-state index in [-0.39, 0.29) is 5.54 Å². The summed E-state index contributed by atoms with van der Waals surface area (Å²) in [5.74, 6) is 0.926. The van der Waals surface area contributed by atoms with Crippen molar-refractivity contribution >= 4 is 15.9 Å². The Bertz CT molecular complexity index is 474. The van der Waals surface area contributed by atoms with Crippen molar-refractivity contribution in [3.63, 3.8) is 0 Å². The van der Waals surface area contributed by atoms with Crippen molar-refractivity contribution in [3.05, 3.63) is 28.2 Å². The highest BCUT2D eigenvalue weighted by Gasteiger charge is 2.37. The summed E-state index contributed by atoms with van der Waals surface area (Å²) in [6, 6.07) is 6.77. The van der Waals surface area contributed by atoms with Gasteiger partial charge in [-0.2, -0.15) is 0 Å². The first kappa shape index (κ1) is 16.8. The van der Waals surface area contributed by atoms with E-state index in [9.17, 15) is 0 Å². The second-order valence-electron chi connectivity index (χ2n) is 6.05. The molecule has 1 aliphatic heterocycles. The first-order valence-corrected chi connectivity index (χ1v) is 8.64. The lowest BCUT2D eigenvalue weighted by Gasteiger charge is -2.49. The minimum absolute atomic E-state index is 0.259. The normalized spacial score (nSPS) is 22.2. The van der Waals surface area contributed by atoms with Crippen molar-refractivity contribution in [1.82, 2.24) is 10.2 Å². The van der Waals surface area contributed by atoms with E-state index in [1.165, 1.54) is 18.4 Å². The molecule has 118 valence electrons. The van der Waals surface area contributed by atoms with Gasteiger partial charge in [-0.1, -0.05) is 29.8 Å². The molecule has 21 heavy (non-hydrogen) atoms. The topological polar surface area (TPSA) is 24.5 Å². The molecule has 3 nitrogen and oxygen atoms in total. The molecule has 1 aromatic carbocycles. The average molecular weight is 355 g/mol. The molecular formula is C17H27BrN2O. The van der Waals surface area contributed by atoms with Crippen LogP contribution in [0.4, 0.5) is 0 Å². The predicted octanol–water partition coefficient (Wildman–Crippen LogP) is 3.81. The number of benzene rings is 1. The van der Waals surface area contributed by atoms with E-state index in [1.54, 1.807) is 7.11 Å². The van der Waals surface area contributed by atoms with Gasteiger partial charge in [-0.15, -0.1) is 0 Å². The molecule has 1 aliphatic rings. The fraction of sp³-hybridized carbons (Fsp3) is 0.647. The Labute approximate surface area is 137 Å². The van der Waals surface area contributed by atoms with Crippen LogP contribution in [0.15, 0.2) is 22.7 Å². The molecule has 0 aliphatic carbocycles. The van der Waals surface area contributed by atoms with Gasteiger partial charge in [0.05, 0.1) is 7.11 Å². The molecule has 0 spiro atoms. The number of ether oxygens (including phenoxy) is 1. The molecule has 0 amide bonds. The summed E-state index contributed by atoms with van der Waals surface area (Å²) in [5.41, 5.74) is 1.56. The van der Waals surface area contributed by atoms with Gasteiger partial charge in [0.1, 0.15) is 5.75 Å². The zero-order chi connectivity index (χ0) is 15.5. The Morgan fingerprint density at radius 2 is 2.10 bits per heavy atom. The number of nitrogens with one attached hydrogen (secondary N) is 1. The van der Waals surface area contributed by atoms with Gasteiger partial charge in [0.25, 0.3) is 0 Å². The van der Waals surface area contributed by atoms with Crippen LogP contribution in [-0.2, 0) is 6.54 Å². The van der Waals surface area contributed by atoms with Crippen LogP contribution in [-0.4, -0.2) is 36.7 Å². The molecule has 0 radical (unpaired) electrons. The van der Waals surface area contributed by atoms with Gasteiger partial charge < -0.3 is 10.1 Å². The third-order valence-electron chi connectivity index (χ3n) is 4.87. The second kappa shape index (κ2) is 7.12. The minimum Gasteiger partial charge on any atom is -0.497 e. The molecule has 0 saturated carbocycles. The lowest BCUT2D eigenvalue weighted by molar-refractivity contribution is 0.0276. The lowest BCUT2D eigenvalue weighted by Crippen LogP contribution is -2.63. The van der Waals surface area contributed by atoms with E-state index < -0.39 is 0 Å². The molecule has 1 unspecified atom stereocenters. The van der Waals surface area contributed by atoms with Crippen molar-refractivity contribution in [2.75, 3.05) is 20.2 Å². The number of hydrogen-bond acceptors (Lipinski definition) is 3. The fourth-order valence-electron chi connectivity index (χ4n) is 3.25. The van der Waals surface area contributed by atoms with Crippen molar-refractivity contribution in [2.45, 2.75) is 51.7 Å². The zero-order valence-electron chi connectivity index (χ0n) is 13.6. The minimum atomic E-state index is 0.259. The molecule has 1 aromatic rings. The molecule has 0 aromatic heterocycles. The van der Waals surface area contributed by atoms with Gasteiger partial charge in [-0.3, -0.25) is 4.90 Å². The van der Waals surface area contributed by atoms with Crippen LogP contribution < -0.4 is 10.1 Å². The van der Waals surface area contributed by atoms with E-state index in [0.29, 0.717) is 6.04 Å². The molecule has 2 rings (SSSR count). The average Bonchev–Trinajstić information content (AvgIpc) is 2.50. The largest absolute Gasteiger partial charge is 0.497 e. The third kappa shape index (κ3) is 3.61. The molecule has 1 N–H and O–H groups in total. The monoisotopic (exact) mass is 354 g/mol. The van der Waals surface area contributed by atoms with Crippen molar-refractivity contribution < 1.29 is 4.74 Å². The summed E-state index contributed by atoms with van der Waals surface area (Å²) < 4.78 is 6.54. The molecule has 1 fully saturated rings. The molecule has 1 saturated heterocycles. The third-order valence-corrected chi connectivity index (χ3v) is 5.65. The number of piperazine rings is 1. The Balaban J connectivity index is 2.26. The quantitative estimate of drug-likeness (QED) is 0.869. The highest BCUT2D eigenvalue weighted by molar-refractivity contribution is 9.10. The van der Waals surface area contributed by atoms with Crippen molar-refractivity contribution in [3.8, 4) is 5.75 Å². The standard InChI is InChI=1S/C17H27BrN2O/c1-5-17(6-2)12-19-13(3)10-20(17)11-14-9-15(21-4)7-8-16(14)18/h7-9,13,19H,5-6,10-12H2,1-4H3. The van der Waals surface area contributed by atoms with Crippen LogP contribution in [0.1, 0.15) is 39.2 Å². The first-order valence-electron chi connectivity index (χ1n) is 7.85. The molecule has 1 heterocycles. The highest BCUT2D eigenvalue weighted by atomic mass is 79.9. The molecule has 4 heteroatoms. The maximum absolute atomic E-state index is 5.37. The van der Waals surface area contributed by atoms with E-state index in [4.69, 9.17) is 4.74 Å². The smallest absolute Gasteiger partial charge is 0.119 e. The second-order valence-corrected chi connectivity index (χ2v) is 6.91. The maximum Gasteiger partial charge on any atom is 0.119 e. The SMILES string of the molecule is CCC1(CC)CNC(C)CN1Cc1cc(OC)ccc1Br. The van der Waals surface area contributed by atoms with Gasteiger partial charge >= 0.3 is 0 Å². The van der Waals surface area contributed by atoms with Crippen molar-refractivity contribution in [1.29, 1.82) is 0 Å². The van der Waals surface area contributed by atoms with Crippen LogP contribution in [0.5, 0.6) is 5.75 Å². The molecule has 0 bridgehead atoms. The summed E-state index contributed by atoms with van der Waals surface area (Å²) in [6.07, 6.45) is 2.34. The van der Waals surface area contributed by atoms with Crippen LogP contribution in [0.3, 0.4) is 0 Å². The Morgan fingerprint density at radius 3 is 2.71 bits per heavy atom. The van der Waals surface area contributed by atoms with E-state index in [0.717, 1.165) is 29.9 Å². The van der Waals surface area contributed by atoms with Gasteiger partial charge in [-0.05, 0) is 43.5 Å². The number of methoxy groups -OCH3 is 1. The van der Waals surface area contributed by atoms with Crippen LogP contribution in [0, 0.1) is 0 Å². The van der Waals surface area contributed by atoms with Crippen LogP contribution in [0.2, 0.25) is 0 Å². The number of nitrogens with zero attached hydrogens (tertiary/aromatic N) is 1. The predicted molar refractivity (Wildman–Crippen MR) is 91.9 cm³/mol. The van der Waals surface area contributed by atoms with Crippen LogP contribution in [0.25, 0.3) is 0 Å². The summed E-state index contributed by atoms with van der Waals surface area (Å²) in [7, 11) is 1.72. The Kier molecular flexibility index (Phi) is 5.69. The molecule has 1 atom stereocenters. The van der Waals surface area contributed by atoms with E-state index in [1.807, 2.05) is 6.07 Å². The van der Waals surface area contributed by atoms with Gasteiger partial charge in [-0.25, -0.2) is 0 Å². The Morgan fingerprint density at radius 1 is 1.38 bits per heavy atom. The summed E-state index contributed by atoms with van der Waals surface area (Å²) in [6.45, 7) is 9.99. The fourth-order valence-corrected chi connectivity index (χ4v) is 3.62. The van der Waals surface area contributed by atoms with Gasteiger partial charge in [0.2, 0.25) is 0 Å². The number of rotatable bonds is 5. The maximum atomic E-state index is 5.37. The first-order chi connectivity index (χ1) is 10.0. The summed E-state index contributed by atoms with van der Waals surface area (Å²) >= 11 is 3.69. The molecular weight excluding hydrogens is 328 g/mol. The zero-order valence-corrected chi connectivity index (χ0v) is 15.2. The van der Waals surface area contributed by atoms with Crippen LogP contribution >= 0.6 is 15.9 Å². The number of halogens is 1. The summed E-state index contributed by atoms with van der Waals surface area (Å²) in [4.78, 5) is 2.65. The Hall–Kier alpha value is -0.580. The number of hydrogen-bond donors (Lipinski definition) is 1. The van der Waals surface area contributed by atoms with Gasteiger partial charge in [0.15, 0.2) is 0 Å². The van der Waals surface area contributed by atoms with Crippen molar-refractivity contribution in [2.24, 2.45) is 0 Å². The summed E-state index contributed by atoms with van der Waals surface area (Å²) in [5, 5.41) is 3.65. The van der Waals surface area contributed by atoms with E-state index >= 15 is 0 Å². The lowest BCUT2D eigenvalue weighted by atomic mass is 9.87. The van der Waals surface area contributed by atoms with E-state index in [2.05, 4.69) is 59.1 Å². The van der Waals surface area contributed by atoms with Gasteiger partial charge in [0, 0.05) is 35.7 Å².